The van der Waals surface area contributed by atoms with E-state index in [4.69, 9.17) is 11.6 Å². The lowest BCUT2D eigenvalue weighted by molar-refractivity contribution is -0.138. The number of rotatable bonds is 18. The Morgan fingerprint density at radius 1 is 0.929 bits per heavy atom. The smallest absolute Gasteiger partial charge is 0.303 e. The molecule has 1 saturated carbocycles. The molecule has 1 aliphatic rings. The van der Waals surface area contributed by atoms with Crippen molar-refractivity contribution in [3.05, 3.63) is 34.9 Å². The molecule has 0 saturated heterocycles. The summed E-state index contributed by atoms with van der Waals surface area (Å²) in [4.78, 5) is 63.1. The summed E-state index contributed by atoms with van der Waals surface area (Å²) in [6.07, 6.45) is 5.83. The SMILES string of the molecule is CC(C)C[C@H](NC(=O)[C@H](CCC(=O)O)NC(=O)CCC1CCCC1)C(=O)N[C@@H](CS)C(=O)NCCc1ccccc1Cl. The molecule has 0 unspecified atom stereocenters. The van der Waals surface area contributed by atoms with Gasteiger partial charge < -0.3 is 26.4 Å². The van der Waals surface area contributed by atoms with Gasteiger partial charge >= 0.3 is 5.97 Å². The highest BCUT2D eigenvalue weighted by Gasteiger charge is 2.30. The first kappa shape index (κ1) is 35.4. The number of benzene rings is 1. The van der Waals surface area contributed by atoms with Crippen LogP contribution in [0.3, 0.4) is 0 Å². The van der Waals surface area contributed by atoms with Gasteiger partial charge in [0.15, 0.2) is 0 Å². The topological polar surface area (TPSA) is 154 Å². The number of nitrogens with one attached hydrogen (secondary N) is 4. The third-order valence-electron chi connectivity index (χ3n) is 7.36. The van der Waals surface area contributed by atoms with Crippen LogP contribution in [0.4, 0.5) is 0 Å². The molecule has 1 fully saturated rings. The zero-order chi connectivity index (χ0) is 31.1. The highest BCUT2D eigenvalue weighted by Crippen LogP contribution is 2.28. The number of amides is 4. The second kappa shape index (κ2) is 18.7. The Bertz CT molecular complexity index is 1070. The third-order valence-corrected chi connectivity index (χ3v) is 8.09. The van der Waals surface area contributed by atoms with Gasteiger partial charge in [0.2, 0.25) is 23.6 Å². The van der Waals surface area contributed by atoms with E-state index in [1.54, 1.807) is 6.07 Å². The average molecular weight is 625 g/mol. The summed E-state index contributed by atoms with van der Waals surface area (Å²) in [5, 5.41) is 20.6. The molecule has 3 atom stereocenters. The van der Waals surface area contributed by atoms with E-state index >= 15 is 0 Å². The van der Waals surface area contributed by atoms with Gasteiger partial charge in [-0.3, -0.25) is 24.0 Å². The predicted octanol–water partition coefficient (Wildman–Crippen LogP) is 3.26. The molecule has 1 aliphatic carbocycles. The van der Waals surface area contributed by atoms with E-state index in [1.807, 2.05) is 32.0 Å². The molecule has 5 N–H and O–H groups in total. The van der Waals surface area contributed by atoms with Crippen molar-refractivity contribution < 1.29 is 29.1 Å². The Kier molecular flexibility index (Phi) is 15.8. The van der Waals surface area contributed by atoms with E-state index in [2.05, 4.69) is 33.9 Å². The summed E-state index contributed by atoms with van der Waals surface area (Å²) in [5.74, 6) is -2.51. The van der Waals surface area contributed by atoms with Crippen LogP contribution in [0.1, 0.15) is 77.2 Å². The summed E-state index contributed by atoms with van der Waals surface area (Å²) in [6.45, 7) is 4.08. The van der Waals surface area contributed by atoms with E-state index in [1.165, 1.54) is 0 Å². The molecule has 2 rings (SSSR count). The van der Waals surface area contributed by atoms with Crippen LogP contribution in [0.2, 0.25) is 5.02 Å². The Balaban J connectivity index is 1.99. The number of thiol groups is 1. The molecule has 12 heteroatoms. The number of hydrogen-bond donors (Lipinski definition) is 6. The van der Waals surface area contributed by atoms with E-state index in [-0.39, 0.29) is 43.3 Å². The Labute approximate surface area is 258 Å². The summed E-state index contributed by atoms with van der Waals surface area (Å²) in [6, 6.07) is 4.27. The van der Waals surface area contributed by atoms with Crippen molar-refractivity contribution in [3.63, 3.8) is 0 Å². The number of carbonyl (C=O) groups is 5. The summed E-state index contributed by atoms with van der Waals surface area (Å²) < 4.78 is 0. The van der Waals surface area contributed by atoms with Crippen LogP contribution < -0.4 is 21.3 Å². The standard InChI is InChI=1S/C30H45ClN4O6S/c1-19(2)17-24(30(41)35-25(18-42)28(39)32-16-15-21-9-5-6-10-22(21)31)34-29(40)23(12-14-27(37)38)33-26(36)13-11-20-7-3-4-8-20/h5-6,9-10,19-20,23-25,42H,3-4,7-8,11-18H2,1-2H3,(H,32,39)(H,33,36)(H,34,40)(H,35,41)(H,37,38)/t23-,24-,25-/m0/s1. The maximum absolute atomic E-state index is 13.2. The van der Waals surface area contributed by atoms with Gasteiger partial charge in [0.05, 0.1) is 0 Å². The van der Waals surface area contributed by atoms with Crippen molar-refractivity contribution in [1.82, 2.24) is 21.3 Å². The molecule has 0 spiro atoms. The second-order valence-electron chi connectivity index (χ2n) is 11.3. The van der Waals surface area contributed by atoms with Crippen molar-refractivity contribution in [3.8, 4) is 0 Å². The van der Waals surface area contributed by atoms with Crippen LogP contribution in [0.15, 0.2) is 24.3 Å². The van der Waals surface area contributed by atoms with Gasteiger partial charge in [-0.1, -0.05) is 69.3 Å². The van der Waals surface area contributed by atoms with Crippen molar-refractivity contribution in [1.29, 1.82) is 0 Å². The van der Waals surface area contributed by atoms with Crippen molar-refractivity contribution in [2.24, 2.45) is 11.8 Å². The van der Waals surface area contributed by atoms with Gasteiger partial charge in [-0.05, 0) is 49.1 Å². The molecule has 0 heterocycles. The third kappa shape index (κ3) is 13.0. The fourth-order valence-electron chi connectivity index (χ4n) is 5.02. The van der Waals surface area contributed by atoms with Crippen LogP contribution in [0, 0.1) is 11.8 Å². The van der Waals surface area contributed by atoms with Crippen molar-refractivity contribution in [2.75, 3.05) is 12.3 Å². The highest BCUT2D eigenvalue weighted by atomic mass is 35.5. The Morgan fingerprint density at radius 3 is 2.19 bits per heavy atom. The fraction of sp³-hybridized carbons (Fsp3) is 0.633. The molecule has 0 aliphatic heterocycles. The summed E-state index contributed by atoms with van der Waals surface area (Å²) in [5.41, 5.74) is 0.883. The number of carboxylic acids is 1. The van der Waals surface area contributed by atoms with Gasteiger partial charge in [-0.25, -0.2) is 0 Å². The van der Waals surface area contributed by atoms with Gasteiger partial charge in [0.25, 0.3) is 0 Å². The summed E-state index contributed by atoms with van der Waals surface area (Å²) in [7, 11) is 0. The molecule has 234 valence electrons. The Hall–Kier alpha value is -2.79. The molecule has 1 aromatic rings. The highest BCUT2D eigenvalue weighted by molar-refractivity contribution is 7.80. The maximum Gasteiger partial charge on any atom is 0.303 e. The second-order valence-corrected chi connectivity index (χ2v) is 12.1. The predicted molar refractivity (Wildman–Crippen MR) is 165 cm³/mol. The number of hydrogen-bond acceptors (Lipinski definition) is 6. The molecule has 4 amide bonds. The first-order chi connectivity index (χ1) is 20.0. The molecule has 0 aromatic heterocycles. The maximum atomic E-state index is 13.2. The van der Waals surface area contributed by atoms with Crippen molar-refractivity contribution >= 4 is 53.8 Å². The number of halogens is 1. The van der Waals surface area contributed by atoms with Crippen LogP contribution in [0.5, 0.6) is 0 Å². The Morgan fingerprint density at radius 2 is 1.57 bits per heavy atom. The lowest BCUT2D eigenvalue weighted by Crippen LogP contribution is -2.57. The molecule has 42 heavy (non-hydrogen) atoms. The van der Waals surface area contributed by atoms with Crippen LogP contribution >= 0.6 is 24.2 Å². The van der Waals surface area contributed by atoms with Crippen LogP contribution in [0.25, 0.3) is 0 Å². The molecular formula is C30H45ClN4O6S. The minimum atomic E-state index is -1.10. The van der Waals surface area contributed by atoms with Gasteiger partial charge in [0, 0.05) is 30.2 Å². The fourth-order valence-corrected chi connectivity index (χ4v) is 5.51. The van der Waals surface area contributed by atoms with E-state index in [0.717, 1.165) is 37.7 Å². The van der Waals surface area contributed by atoms with E-state index in [9.17, 15) is 29.1 Å². The zero-order valence-electron chi connectivity index (χ0n) is 24.5. The quantitative estimate of drug-likeness (QED) is 0.138. The number of aliphatic carboxylic acids is 1. The molecule has 0 bridgehead atoms. The largest absolute Gasteiger partial charge is 0.481 e. The first-order valence-electron chi connectivity index (χ1n) is 14.7. The minimum absolute atomic E-state index is 0.0124. The van der Waals surface area contributed by atoms with Crippen molar-refractivity contribution in [2.45, 2.75) is 96.2 Å². The van der Waals surface area contributed by atoms with Gasteiger partial charge in [-0.15, -0.1) is 0 Å². The molecule has 0 radical (unpaired) electrons. The lowest BCUT2D eigenvalue weighted by atomic mass is 10.0. The average Bonchev–Trinajstić information content (AvgIpc) is 3.46. The van der Waals surface area contributed by atoms with E-state index < -0.39 is 41.8 Å². The van der Waals surface area contributed by atoms with Gasteiger partial charge in [0.1, 0.15) is 18.1 Å². The number of carbonyl (C=O) groups excluding carboxylic acids is 4. The number of carboxylic acid groups (broad SMARTS) is 1. The molecular weight excluding hydrogens is 580 g/mol. The zero-order valence-corrected chi connectivity index (χ0v) is 26.1. The van der Waals surface area contributed by atoms with Crippen LogP contribution in [-0.2, 0) is 30.4 Å². The minimum Gasteiger partial charge on any atom is -0.481 e. The summed E-state index contributed by atoms with van der Waals surface area (Å²) >= 11 is 10.4. The van der Waals surface area contributed by atoms with Gasteiger partial charge in [-0.2, -0.15) is 12.6 Å². The monoisotopic (exact) mass is 624 g/mol. The van der Waals surface area contributed by atoms with E-state index in [0.29, 0.717) is 23.9 Å². The molecule has 10 nitrogen and oxygen atoms in total. The lowest BCUT2D eigenvalue weighted by Gasteiger charge is -2.26. The first-order valence-corrected chi connectivity index (χ1v) is 15.7. The van der Waals surface area contributed by atoms with Crippen LogP contribution in [-0.4, -0.2) is 65.1 Å². The normalized spacial score (nSPS) is 15.5. The molecule has 1 aromatic carbocycles.